The summed E-state index contributed by atoms with van der Waals surface area (Å²) in [6, 6.07) is 8.92. The van der Waals surface area contributed by atoms with Crippen molar-refractivity contribution in [2.75, 3.05) is 25.0 Å². The summed E-state index contributed by atoms with van der Waals surface area (Å²) in [5, 5.41) is 2.79. The van der Waals surface area contributed by atoms with E-state index in [1.54, 1.807) is 29.2 Å². The first-order valence-electron chi connectivity index (χ1n) is 7.67. The van der Waals surface area contributed by atoms with Crippen LogP contribution in [0.1, 0.15) is 6.92 Å². The summed E-state index contributed by atoms with van der Waals surface area (Å²) in [5.41, 5.74) is 0.561. The molecule has 7 heteroatoms. The maximum Gasteiger partial charge on any atom is 0.322 e. The first-order valence-corrected chi connectivity index (χ1v) is 7.67. The summed E-state index contributed by atoms with van der Waals surface area (Å²) in [6.07, 6.45) is 1.53. The fourth-order valence-corrected chi connectivity index (χ4v) is 2.37. The average molecular weight is 331 g/mol. The summed E-state index contributed by atoms with van der Waals surface area (Å²) in [7, 11) is 0. The van der Waals surface area contributed by atoms with Gasteiger partial charge < -0.3 is 19.7 Å². The van der Waals surface area contributed by atoms with Crippen LogP contribution < -0.4 is 10.1 Å². The van der Waals surface area contributed by atoms with Crippen LogP contribution in [0, 0.1) is 5.82 Å². The van der Waals surface area contributed by atoms with Gasteiger partial charge in [0.15, 0.2) is 0 Å². The molecule has 3 rings (SSSR count). The molecule has 126 valence electrons. The number of benzene rings is 1. The number of morpholine rings is 1. The van der Waals surface area contributed by atoms with Crippen LogP contribution in [-0.2, 0) is 4.74 Å². The number of aromatic nitrogens is 1. The van der Waals surface area contributed by atoms with Gasteiger partial charge in [0.05, 0.1) is 24.6 Å². The van der Waals surface area contributed by atoms with Crippen LogP contribution >= 0.6 is 0 Å². The number of urea groups is 1. The van der Waals surface area contributed by atoms with Gasteiger partial charge in [0.2, 0.25) is 5.88 Å². The van der Waals surface area contributed by atoms with Crippen LogP contribution in [-0.4, -0.2) is 41.7 Å². The molecule has 1 N–H and O–H groups in total. The smallest absolute Gasteiger partial charge is 0.322 e. The Morgan fingerprint density at radius 3 is 3.00 bits per heavy atom. The Hall–Kier alpha value is -2.67. The van der Waals surface area contributed by atoms with Crippen LogP contribution in [0.25, 0.3) is 0 Å². The molecule has 1 aliphatic heterocycles. The van der Waals surface area contributed by atoms with Crippen LogP contribution in [0.2, 0.25) is 0 Å². The first kappa shape index (κ1) is 16.2. The highest BCUT2D eigenvalue weighted by Crippen LogP contribution is 2.21. The normalized spacial score (nSPS) is 17.4. The molecule has 2 amide bonds. The van der Waals surface area contributed by atoms with E-state index in [4.69, 9.17) is 9.47 Å². The molecule has 1 atom stereocenters. The topological polar surface area (TPSA) is 63.7 Å². The number of amides is 2. The highest BCUT2D eigenvalue weighted by Gasteiger charge is 2.21. The van der Waals surface area contributed by atoms with E-state index in [0.717, 1.165) is 0 Å². The van der Waals surface area contributed by atoms with E-state index in [1.807, 2.05) is 6.92 Å². The molecule has 0 saturated carbocycles. The Kier molecular flexibility index (Phi) is 4.90. The van der Waals surface area contributed by atoms with Gasteiger partial charge in [0.1, 0.15) is 11.6 Å². The third-order valence-electron chi connectivity index (χ3n) is 3.53. The molecule has 2 heterocycles. The minimum atomic E-state index is -0.379. The van der Waals surface area contributed by atoms with Crippen LogP contribution in [0.3, 0.4) is 0 Å². The minimum Gasteiger partial charge on any atom is -0.439 e. The number of hydrogen-bond acceptors (Lipinski definition) is 4. The second-order valence-corrected chi connectivity index (χ2v) is 5.50. The van der Waals surface area contributed by atoms with Crippen molar-refractivity contribution in [1.82, 2.24) is 9.88 Å². The van der Waals surface area contributed by atoms with Crippen molar-refractivity contribution in [3.63, 3.8) is 0 Å². The van der Waals surface area contributed by atoms with Gasteiger partial charge in [-0.2, -0.15) is 0 Å². The standard InChI is InChI=1S/C17H18FN3O3/c1-12-11-21(7-8-23-12)17(22)20-14-5-6-16(19-10-14)24-15-4-2-3-13(18)9-15/h2-6,9-10,12H,7-8,11H2,1H3,(H,20,22)/t12-/m0/s1. The monoisotopic (exact) mass is 331 g/mol. The molecule has 1 fully saturated rings. The number of anilines is 1. The van der Waals surface area contributed by atoms with Gasteiger partial charge >= 0.3 is 6.03 Å². The fourth-order valence-electron chi connectivity index (χ4n) is 2.37. The second-order valence-electron chi connectivity index (χ2n) is 5.50. The summed E-state index contributed by atoms with van der Waals surface area (Å²) in [5.74, 6) is 0.302. The third-order valence-corrected chi connectivity index (χ3v) is 3.53. The molecule has 1 saturated heterocycles. The van der Waals surface area contributed by atoms with Crippen molar-refractivity contribution in [3.8, 4) is 11.6 Å². The molecule has 0 bridgehead atoms. The zero-order valence-electron chi connectivity index (χ0n) is 13.2. The van der Waals surface area contributed by atoms with Gasteiger partial charge in [-0.05, 0) is 25.1 Å². The van der Waals surface area contributed by atoms with Crippen molar-refractivity contribution in [3.05, 3.63) is 48.4 Å². The maximum absolute atomic E-state index is 13.1. The minimum absolute atomic E-state index is 0.0321. The summed E-state index contributed by atoms with van der Waals surface area (Å²) in [4.78, 5) is 18.0. The zero-order chi connectivity index (χ0) is 16.9. The van der Waals surface area contributed by atoms with Crippen molar-refractivity contribution >= 4 is 11.7 Å². The van der Waals surface area contributed by atoms with Crippen LogP contribution in [0.15, 0.2) is 42.6 Å². The molecule has 6 nitrogen and oxygen atoms in total. The number of nitrogens with zero attached hydrogens (tertiary/aromatic N) is 2. The molecule has 2 aromatic rings. The number of carbonyl (C=O) groups is 1. The SMILES string of the molecule is C[C@H]1CN(C(=O)Nc2ccc(Oc3cccc(F)c3)nc2)CCO1. The second kappa shape index (κ2) is 7.27. The molecule has 0 radical (unpaired) electrons. The number of ether oxygens (including phenoxy) is 2. The van der Waals surface area contributed by atoms with Crippen molar-refractivity contribution in [2.45, 2.75) is 13.0 Å². The molecule has 24 heavy (non-hydrogen) atoms. The number of nitrogens with one attached hydrogen (secondary N) is 1. The lowest BCUT2D eigenvalue weighted by Gasteiger charge is -2.31. The lowest BCUT2D eigenvalue weighted by atomic mass is 10.3. The summed E-state index contributed by atoms with van der Waals surface area (Å²) in [6.45, 7) is 3.58. The average Bonchev–Trinajstić information content (AvgIpc) is 2.57. The van der Waals surface area contributed by atoms with E-state index in [2.05, 4.69) is 10.3 Å². The highest BCUT2D eigenvalue weighted by molar-refractivity contribution is 5.89. The van der Waals surface area contributed by atoms with E-state index >= 15 is 0 Å². The molecule has 0 unspecified atom stereocenters. The van der Waals surface area contributed by atoms with E-state index in [-0.39, 0.29) is 18.0 Å². The number of halogens is 1. The van der Waals surface area contributed by atoms with Gasteiger partial charge in [-0.25, -0.2) is 14.2 Å². The highest BCUT2D eigenvalue weighted by atomic mass is 19.1. The Labute approximate surface area is 139 Å². The summed E-state index contributed by atoms with van der Waals surface area (Å²) >= 11 is 0. The molecular weight excluding hydrogens is 313 g/mol. The third kappa shape index (κ3) is 4.20. The number of carbonyl (C=O) groups excluding carboxylic acids is 1. The van der Waals surface area contributed by atoms with Crippen molar-refractivity contribution < 1.29 is 18.7 Å². The van der Waals surface area contributed by atoms with E-state index in [1.165, 1.54) is 18.3 Å². The first-order chi connectivity index (χ1) is 11.6. The molecule has 1 aromatic carbocycles. The maximum atomic E-state index is 13.1. The van der Waals surface area contributed by atoms with E-state index < -0.39 is 0 Å². The Bertz CT molecular complexity index is 708. The number of rotatable bonds is 3. The number of pyridine rings is 1. The lowest BCUT2D eigenvalue weighted by Crippen LogP contribution is -2.46. The molecule has 1 aromatic heterocycles. The molecule has 1 aliphatic rings. The lowest BCUT2D eigenvalue weighted by molar-refractivity contribution is -0.00138. The Balaban J connectivity index is 1.59. The van der Waals surface area contributed by atoms with Gasteiger partial charge in [-0.1, -0.05) is 6.07 Å². The van der Waals surface area contributed by atoms with Gasteiger partial charge in [0.25, 0.3) is 0 Å². The number of hydrogen-bond donors (Lipinski definition) is 1. The zero-order valence-corrected chi connectivity index (χ0v) is 13.2. The van der Waals surface area contributed by atoms with Gasteiger partial charge in [-0.15, -0.1) is 0 Å². The fraction of sp³-hybridized carbons (Fsp3) is 0.294. The van der Waals surface area contributed by atoms with Gasteiger partial charge in [0, 0.05) is 25.2 Å². The quantitative estimate of drug-likeness (QED) is 0.937. The Morgan fingerprint density at radius 2 is 2.29 bits per heavy atom. The molecule has 0 spiro atoms. The van der Waals surface area contributed by atoms with E-state index in [9.17, 15) is 9.18 Å². The van der Waals surface area contributed by atoms with Crippen LogP contribution in [0.5, 0.6) is 11.6 Å². The summed E-state index contributed by atoms with van der Waals surface area (Å²) < 4.78 is 24.0. The van der Waals surface area contributed by atoms with E-state index in [0.29, 0.717) is 37.0 Å². The van der Waals surface area contributed by atoms with Gasteiger partial charge in [-0.3, -0.25) is 0 Å². The molecular formula is C17H18FN3O3. The predicted molar refractivity (Wildman–Crippen MR) is 86.7 cm³/mol. The van der Waals surface area contributed by atoms with Crippen molar-refractivity contribution in [1.29, 1.82) is 0 Å². The molecule has 0 aliphatic carbocycles. The predicted octanol–water partition coefficient (Wildman–Crippen LogP) is 3.27. The van der Waals surface area contributed by atoms with Crippen molar-refractivity contribution in [2.24, 2.45) is 0 Å². The Morgan fingerprint density at radius 1 is 1.42 bits per heavy atom. The largest absolute Gasteiger partial charge is 0.439 e. The van der Waals surface area contributed by atoms with Crippen LogP contribution in [0.4, 0.5) is 14.9 Å².